The summed E-state index contributed by atoms with van der Waals surface area (Å²) in [5.74, 6) is -0.181. The lowest BCUT2D eigenvalue weighted by Crippen LogP contribution is -2.37. The average Bonchev–Trinajstić information content (AvgIpc) is 3.24. The number of hydrogen-bond acceptors (Lipinski definition) is 5. The van der Waals surface area contributed by atoms with Gasteiger partial charge in [-0.2, -0.15) is 0 Å². The Morgan fingerprint density at radius 3 is 3.08 bits per heavy atom. The topological polar surface area (TPSA) is 86.8 Å². The lowest BCUT2D eigenvalue weighted by atomic mass is 10.1. The molecule has 0 bridgehead atoms. The van der Waals surface area contributed by atoms with Crippen LogP contribution in [0.25, 0.3) is 11.0 Å². The van der Waals surface area contributed by atoms with Crippen LogP contribution >= 0.6 is 0 Å². The average molecular weight is 340 g/mol. The summed E-state index contributed by atoms with van der Waals surface area (Å²) in [6.45, 7) is 3.32. The molecule has 3 heterocycles. The summed E-state index contributed by atoms with van der Waals surface area (Å²) < 4.78 is 14.4. The summed E-state index contributed by atoms with van der Waals surface area (Å²) in [5.41, 5.74) is 1.65. The highest BCUT2D eigenvalue weighted by atomic mass is 19.1. The number of nitrogens with one attached hydrogen (secondary N) is 2. The molecule has 1 aliphatic rings. The van der Waals surface area contributed by atoms with Crippen molar-refractivity contribution in [3.05, 3.63) is 47.9 Å². The van der Waals surface area contributed by atoms with Crippen molar-refractivity contribution >= 4 is 22.8 Å². The molecule has 1 amide bonds. The van der Waals surface area contributed by atoms with Crippen molar-refractivity contribution in [3.8, 4) is 0 Å². The van der Waals surface area contributed by atoms with Crippen molar-refractivity contribution in [2.24, 2.45) is 0 Å². The van der Waals surface area contributed by atoms with Gasteiger partial charge in [-0.1, -0.05) is 0 Å². The van der Waals surface area contributed by atoms with Gasteiger partial charge in [-0.3, -0.25) is 4.79 Å². The number of halogens is 1. The minimum absolute atomic E-state index is 0.0101. The maximum absolute atomic E-state index is 14.4. The van der Waals surface area contributed by atoms with Crippen LogP contribution in [0, 0.1) is 12.7 Å². The summed E-state index contributed by atoms with van der Waals surface area (Å²) in [5, 5.41) is 2.91. The van der Waals surface area contributed by atoms with Gasteiger partial charge in [0, 0.05) is 30.9 Å². The fourth-order valence-electron chi connectivity index (χ4n) is 3.11. The molecular weight excluding hydrogens is 323 g/mol. The molecule has 0 aliphatic carbocycles. The molecule has 0 radical (unpaired) electrons. The summed E-state index contributed by atoms with van der Waals surface area (Å²) in [6.07, 6.45) is 3.72. The fourth-order valence-corrected chi connectivity index (χ4v) is 3.11. The zero-order valence-electron chi connectivity index (χ0n) is 13.7. The second kappa shape index (κ2) is 6.12. The highest BCUT2D eigenvalue weighted by Crippen LogP contribution is 2.20. The third kappa shape index (κ3) is 2.90. The first kappa shape index (κ1) is 15.5. The number of aromatic nitrogens is 4. The van der Waals surface area contributed by atoms with E-state index in [4.69, 9.17) is 0 Å². The molecular formula is C17H17FN6O. The van der Waals surface area contributed by atoms with Crippen molar-refractivity contribution in [2.45, 2.75) is 19.4 Å². The van der Waals surface area contributed by atoms with E-state index >= 15 is 0 Å². The quantitative estimate of drug-likeness (QED) is 0.759. The number of H-pyrrole nitrogens is 1. The lowest BCUT2D eigenvalue weighted by molar-refractivity contribution is 0.0936. The number of carbonyl (C=O) groups is 1. The SMILES string of the molecule is Cc1cc(N2CCC(NC(=O)c3ccc4[nH]cnc4c3F)C2)ncn1. The van der Waals surface area contributed by atoms with Crippen LogP contribution in [-0.4, -0.2) is 45.0 Å². The Hall–Kier alpha value is -3.03. The molecule has 1 atom stereocenters. The molecule has 7 nitrogen and oxygen atoms in total. The highest BCUT2D eigenvalue weighted by molar-refractivity contribution is 5.98. The van der Waals surface area contributed by atoms with Gasteiger partial charge in [-0.15, -0.1) is 0 Å². The van der Waals surface area contributed by atoms with Crippen LogP contribution in [0.4, 0.5) is 10.2 Å². The fraction of sp³-hybridized carbons (Fsp3) is 0.294. The second-order valence-electron chi connectivity index (χ2n) is 6.15. The number of amides is 1. The summed E-state index contributed by atoms with van der Waals surface area (Å²) in [6, 6.07) is 4.99. The van der Waals surface area contributed by atoms with Crippen LogP contribution in [-0.2, 0) is 0 Å². The molecule has 2 aromatic heterocycles. The first-order chi connectivity index (χ1) is 12.1. The Morgan fingerprint density at radius 2 is 2.24 bits per heavy atom. The van der Waals surface area contributed by atoms with Gasteiger partial charge in [0.05, 0.1) is 17.4 Å². The lowest BCUT2D eigenvalue weighted by Gasteiger charge is -2.18. The summed E-state index contributed by atoms with van der Waals surface area (Å²) in [7, 11) is 0. The van der Waals surface area contributed by atoms with Gasteiger partial charge in [0.25, 0.3) is 5.91 Å². The second-order valence-corrected chi connectivity index (χ2v) is 6.15. The zero-order valence-corrected chi connectivity index (χ0v) is 13.7. The van der Waals surface area contributed by atoms with Gasteiger partial charge in [-0.25, -0.2) is 19.3 Å². The monoisotopic (exact) mass is 340 g/mol. The number of aromatic amines is 1. The van der Waals surface area contributed by atoms with E-state index in [2.05, 4.69) is 30.2 Å². The van der Waals surface area contributed by atoms with Gasteiger partial charge in [0.2, 0.25) is 0 Å². The first-order valence-electron chi connectivity index (χ1n) is 8.08. The van der Waals surface area contributed by atoms with E-state index in [1.807, 2.05) is 13.0 Å². The Bertz CT molecular complexity index is 940. The Labute approximate surface area is 143 Å². The van der Waals surface area contributed by atoms with Crippen LogP contribution in [0.1, 0.15) is 22.5 Å². The van der Waals surface area contributed by atoms with Gasteiger partial charge in [0.1, 0.15) is 17.7 Å². The predicted molar refractivity (Wildman–Crippen MR) is 90.9 cm³/mol. The molecule has 0 saturated carbocycles. The number of nitrogens with zero attached hydrogens (tertiary/aromatic N) is 4. The van der Waals surface area contributed by atoms with Crippen LogP contribution in [0.3, 0.4) is 0 Å². The molecule has 128 valence electrons. The minimum atomic E-state index is -0.600. The molecule has 1 unspecified atom stereocenters. The summed E-state index contributed by atoms with van der Waals surface area (Å²) >= 11 is 0. The number of anilines is 1. The standard InChI is InChI=1S/C17H17FN6O/c1-10-6-14(21-8-19-10)24-5-4-11(7-24)23-17(25)12-2-3-13-16(15(12)18)22-9-20-13/h2-3,6,8-9,11H,4-5,7H2,1H3,(H,20,22)(H,23,25). The van der Waals surface area contributed by atoms with Crippen LogP contribution in [0.15, 0.2) is 30.9 Å². The molecule has 1 aromatic carbocycles. The molecule has 1 saturated heterocycles. The molecule has 0 spiro atoms. The molecule has 2 N–H and O–H groups in total. The number of imidazole rings is 1. The van der Waals surface area contributed by atoms with Gasteiger partial charge >= 0.3 is 0 Å². The van der Waals surface area contributed by atoms with Gasteiger partial charge in [0.15, 0.2) is 5.82 Å². The number of rotatable bonds is 3. The minimum Gasteiger partial charge on any atom is -0.354 e. The van der Waals surface area contributed by atoms with Gasteiger partial charge in [-0.05, 0) is 25.5 Å². The smallest absolute Gasteiger partial charge is 0.254 e. The molecule has 25 heavy (non-hydrogen) atoms. The van der Waals surface area contributed by atoms with E-state index in [1.54, 1.807) is 6.07 Å². The van der Waals surface area contributed by atoms with E-state index in [-0.39, 0.29) is 17.1 Å². The van der Waals surface area contributed by atoms with Crippen LogP contribution in [0.2, 0.25) is 0 Å². The van der Waals surface area contributed by atoms with E-state index in [1.165, 1.54) is 18.7 Å². The van der Waals surface area contributed by atoms with Gasteiger partial charge < -0.3 is 15.2 Å². The number of fused-ring (bicyclic) bond motifs is 1. The van der Waals surface area contributed by atoms with E-state index < -0.39 is 11.7 Å². The van der Waals surface area contributed by atoms with Crippen molar-refractivity contribution < 1.29 is 9.18 Å². The normalized spacial score (nSPS) is 17.2. The number of benzene rings is 1. The maximum atomic E-state index is 14.4. The largest absolute Gasteiger partial charge is 0.354 e. The number of aryl methyl sites for hydroxylation is 1. The summed E-state index contributed by atoms with van der Waals surface area (Å²) in [4.78, 5) is 29.6. The van der Waals surface area contributed by atoms with E-state index in [0.717, 1.165) is 24.5 Å². The molecule has 3 aromatic rings. The Balaban J connectivity index is 1.47. The number of hydrogen-bond donors (Lipinski definition) is 2. The highest BCUT2D eigenvalue weighted by Gasteiger charge is 2.26. The molecule has 4 rings (SSSR count). The van der Waals surface area contributed by atoms with Crippen LogP contribution < -0.4 is 10.2 Å². The van der Waals surface area contributed by atoms with E-state index in [0.29, 0.717) is 12.1 Å². The van der Waals surface area contributed by atoms with Crippen molar-refractivity contribution in [1.82, 2.24) is 25.3 Å². The van der Waals surface area contributed by atoms with Crippen molar-refractivity contribution in [3.63, 3.8) is 0 Å². The van der Waals surface area contributed by atoms with Crippen molar-refractivity contribution in [2.75, 3.05) is 18.0 Å². The third-order valence-corrected chi connectivity index (χ3v) is 4.41. The molecule has 1 aliphatic heterocycles. The third-order valence-electron chi connectivity index (χ3n) is 4.41. The Morgan fingerprint density at radius 1 is 1.36 bits per heavy atom. The molecule has 8 heteroatoms. The zero-order chi connectivity index (χ0) is 17.4. The maximum Gasteiger partial charge on any atom is 0.254 e. The van der Waals surface area contributed by atoms with Crippen molar-refractivity contribution in [1.29, 1.82) is 0 Å². The Kier molecular flexibility index (Phi) is 3.79. The molecule has 1 fully saturated rings. The van der Waals surface area contributed by atoms with E-state index in [9.17, 15) is 9.18 Å². The number of carbonyl (C=O) groups excluding carboxylic acids is 1. The van der Waals surface area contributed by atoms with Crippen LogP contribution in [0.5, 0.6) is 0 Å². The predicted octanol–water partition coefficient (Wildman–Crippen LogP) is 1.81. The first-order valence-corrected chi connectivity index (χ1v) is 8.08.